The molecule has 0 aliphatic carbocycles. The second-order valence-electron chi connectivity index (χ2n) is 8.67. The normalized spacial score (nSPS) is 11.8. The van der Waals surface area contributed by atoms with Gasteiger partial charge in [-0.1, -0.05) is 36.0 Å². The highest BCUT2D eigenvalue weighted by molar-refractivity contribution is 9.10. The molecule has 8 nitrogen and oxygen atoms in total. The van der Waals surface area contributed by atoms with Crippen LogP contribution in [0.3, 0.4) is 0 Å². The van der Waals surface area contributed by atoms with Gasteiger partial charge in [0.1, 0.15) is 23.5 Å². The summed E-state index contributed by atoms with van der Waals surface area (Å²) < 4.78 is 27.9. The Kier molecular flexibility index (Phi) is 8.68. The van der Waals surface area contributed by atoms with Gasteiger partial charge in [0.05, 0.1) is 11.6 Å². The molecular weight excluding hydrogens is 575 g/mol. The molecule has 0 spiro atoms. The lowest BCUT2D eigenvalue weighted by molar-refractivity contribution is -0.479. The molecule has 1 heterocycles. The lowest BCUT2D eigenvalue weighted by Gasteiger charge is -2.18. The third-order valence-electron chi connectivity index (χ3n) is 6.06. The van der Waals surface area contributed by atoms with Crippen LogP contribution in [-0.4, -0.2) is 33.3 Å². The molecule has 0 amide bonds. The highest BCUT2D eigenvalue weighted by Gasteiger charge is 2.26. The van der Waals surface area contributed by atoms with E-state index in [2.05, 4.69) is 26.1 Å². The fourth-order valence-electron chi connectivity index (χ4n) is 3.89. The summed E-state index contributed by atoms with van der Waals surface area (Å²) in [5, 5.41) is 20.1. The van der Waals surface area contributed by atoms with Crippen LogP contribution >= 0.6 is 27.7 Å². The van der Waals surface area contributed by atoms with Crippen LogP contribution in [0.25, 0.3) is 5.69 Å². The Bertz CT molecular complexity index is 1480. The summed E-state index contributed by atoms with van der Waals surface area (Å²) in [5.74, 6) is 1.04. The van der Waals surface area contributed by atoms with Crippen LogP contribution in [0.2, 0.25) is 0 Å². The van der Waals surface area contributed by atoms with Crippen molar-refractivity contribution in [3.63, 3.8) is 0 Å². The van der Waals surface area contributed by atoms with Gasteiger partial charge in [0.25, 0.3) is 0 Å². The molecule has 1 atom stereocenters. The number of thioether (sulfide) groups is 1. The van der Waals surface area contributed by atoms with Crippen LogP contribution in [0.4, 0.5) is 4.39 Å². The molecule has 4 aromatic rings. The summed E-state index contributed by atoms with van der Waals surface area (Å²) in [6.45, 7) is 5.55. The van der Waals surface area contributed by atoms with Crippen molar-refractivity contribution in [1.82, 2.24) is 14.8 Å². The van der Waals surface area contributed by atoms with E-state index in [-0.39, 0.29) is 23.9 Å². The minimum Gasteiger partial charge on any atom is -0.493 e. The largest absolute Gasteiger partial charge is 0.493 e. The Morgan fingerprint density at radius 2 is 1.87 bits per heavy atom. The van der Waals surface area contributed by atoms with Gasteiger partial charge < -0.3 is 9.47 Å². The number of nitrogens with zero attached hydrogens (tertiary/aromatic N) is 4. The number of methoxy groups -OCH3 is 1. The van der Waals surface area contributed by atoms with Gasteiger partial charge in [-0.2, -0.15) is 0 Å². The molecule has 0 fully saturated rings. The van der Waals surface area contributed by atoms with Crippen molar-refractivity contribution in [2.75, 3.05) is 13.7 Å². The predicted molar refractivity (Wildman–Crippen MR) is 147 cm³/mol. The number of hydrogen-bond donors (Lipinski definition) is 0. The fraction of sp³-hybridized carbons (Fsp3) is 0.259. The molecule has 0 saturated heterocycles. The van der Waals surface area contributed by atoms with E-state index in [0.717, 1.165) is 16.8 Å². The highest BCUT2D eigenvalue weighted by atomic mass is 79.9. The molecule has 11 heteroatoms. The minimum atomic E-state index is -0.607. The molecule has 198 valence electrons. The van der Waals surface area contributed by atoms with Crippen LogP contribution in [-0.2, 0) is 6.61 Å². The van der Waals surface area contributed by atoms with Gasteiger partial charge in [0, 0.05) is 16.2 Å². The zero-order valence-electron chi connectivity index (χ0n) is 21.3. The number of rotatable bonds is 10. The van der Waals surface area contributed by atoms with Crippen LogP contribution in [0.5, 0.6) is 11.5 Å². The number of aryl methyl sites for hydroxylation is 3. The van der Waals surface area contributed by atoms with Crippen molar-refractivity contribution in [3.8, 4) is 17.2 Å². The monoisotopic (exact) mass is 600 g/mol. The van der Waals surface area contributed by atoms with Gasteiger partial charge >= 0.3 is 0 Å². The van der Waals surface area contributed by atoms with E-state index in [1.165, 1.54) is 24.9 Å². The van der Waals surface area contributed by atoms with E-state index in [0.29, 0.717) is 38.1 Å². The van der Waals surface area contributed by atoms with E-state index in [4.69, 9.17) is 9.47 Å². The first kappa shape index (κ1) is 27.6. The summed E-state index contributed by atoms with van der Waals surface area (Å²) >= 11 is 4.76. The van der Waals surface area contributed by atoms with E-state index in [1.807, 2.05) is 43.5 Å². The van der Waals surface area contributed by atoms with Crippen molar-refractivity contribution in [2.45, 2.75) is 37.8 Å². The average Bonchev–Trinajstić information content (AvgIpc) is 3.24. The maximum absolute atomic E-state index is 14.1. The van der Waals surface area contributed by atoms with Crippen molar-refractivity contribution < 1.29 is 18.8 Å². The molecule has 0 saturated carbocycles. The molecule has 3 aromatic carbocycles. The Balaban J connectivity index is 1.67. The second kappa shape index (κ2) is 12.0. The first-order valence-electron chi connectivity index (χ1n) is 11.7. The van der Waals surface area contributed by atoms with Crippen LogP contribution < -0.4 is 9.47 Å². The molecule has 0 N–H and O–H groups in total. The van der Waals surface area contributed by atoms with E-state index in [1.54, 1.807) is 30.3 Å². The molecule has 0 radical (unpaired) electrons. The molecule has 38 heavy (non-hydrogen) atoms. The number of ether oxygens (including phenoxy) is 2. The predicted octanol–water partition coefficient (Wildman–Crippen LogP) is 6.79. The first-order chi connectivity index (χ1) is 18.2. The second-order valence-corrected chi connectivity index (χ2v) is 10.7. The van der Waals surface area contributed by atoms with Crippen LogP contribution in [0.1, 0.15) is 33.3 Å². The highest BCUT2D eigenvalue weighted by Crippen LogP contribution is 2.43. The zero-order valence-corrected chi connectivity index (χ0v) is 23.7. The number of nitro groups is 1. The smallest absolute Gasteiger partial charge is 0.220 e. The van der Waals surface area contributed by atoms with Crippen LogP contribution in [0.15, 0.2) is 64.2 Å². The Labute approximate surface area is 232 Å². The van der Waals surface area contributed by atoms with Crippen molar-refractivity contribution in [1.29, 1.82) is 0 Å². The standard InChI is InChI=1S/C27H26BrFN4O4S/c1-16-9-10-21(11-17(16)2)33-18(3)30-31-27(33)38-25(14-32(34)35)20-12-22(28)26(24(13-20)36-4)37-15-19-7-5-6-8-23(19)29/h5-13,25H,14-15H2,1-4H3/t25-/m0/s1. The lowest BCUT2D eigenvalue weighted by atomic mass is 10.1. The third kappa shape index (κ3) is 6.16. The molecule has 0 bridgehead atoms. The third-order valence-corrected chi connectivity index (χ3v) is 7.83. The fourth-order valence-corrected chi connectivity index (χ4v) is 5.61. The van der Waals surface area contributed by atoms with Gasteiger partial charge in [0.15, 0.2) is 16.7 Å². The Morgan fingerprint density at radius 3 is 2.55 bits per heavy atom. The van der Waals surface area contributed by atoms with E-state index in [9.17, 15) is 14.5 Å². The van der Waals surface area contributed by atoms with Crippen molar-refractivity contribution in [2.24, 2.45) is 0 Å². The van der Waals surface area contributed by atoms with Crippen molar-refractivity contribution >= 4 is 27.7 Å². The van der Waals surface area contributed by atoms with Gasteiger partial charge in [-0.15, -0.1) is 10.2 Å². The molecule has 0 aliphatic rings. The molecule has 0 aliphatic heterocycles. The molecule has 0 unspecified atom stereocenters. The summed E-state index contributed by atoms with van der Waals surface area (Å²) in [6.07, 6.45) is 0. The summed E-state index contributed by atoms with van der Waals surface area (Å²) in [4.78, 5) is 11.3. The van der Waals surface area contributed by atoms with E-state index < -0.39 is 5.25 Å². The van der Waals surface area contributed by atoms with Gasteiger partial charge in [-0.3, -0.25) is 14.7 Å². The summed E-state index contributed by atoms with van der Waals surface area (Å²) in [5.41, 5.74) is 4.20. The zero-order chi connectivity index (χ0) is 27.4. The summed E-state index contributed by atoms with van der Waals surface area (Å²) in [6, 6.07) is 15.8. The van der Waals surface area contributed by atoms with Gasteiger partial charge in [-0.25, -0.2) is 4.39 Å². The molecular formula is C27H26BrFN4O4S. The molecule has 4 rings (SSSR count). The topological polar surface area (TPSA) is 92.3 Å². The lowest BCUT2D eigenvalue weighted by Crippen LogP contribution is -2.12. The Hall–Kier alpha value is -3.44. The number of halogens is 2. The summed E-state index contributed by atoms with van der Waals surface area (Å²) in [7, 11) is 1.48. The average molecular weight is 601 g/mol. The van der Waals surface area contributed by atoms with Gasteiger partial charge in [-0.05, 0) is 83.7 Å². The van der Waals surface area contributed by atoms with E-state index >= 15 is 0 Å². The van der Waals surface area contributed by atoms with Crippen molar-refractivity contribution in [3.05, 3.63) is 103 Å². The quantitative estimate of drug-likeness (QED) is 0.112. The number of hydrogen-bond acceptors (Lipinski definition) is 7. The maximum atomic E-state index is 14.1. The first-order valence-corrected chi connectivity index (χ1v) is 13.4. The maximum Gasteiger partial charge on any atom is 0.220 e. The number of benzene rings is 3. The number of aromatic nitrogens is 3. The van der Waals surface area contributed by atoms with Gasteiger partial charge in [0.2, 0.25) is 6.54 Å². The Morgan fingerprint density at radius 1 is 1.11 bits per heavy atom. The van der Waals surface area contributed by atoms with Crippen LogP contribution in [0, 0.1) is 36.7 Å². The minimum absolute atomic E-state index is 0.00754. The SMILES string of the molecule is COc1cc([C@H](C[N+](=O)[O-])Sc2nnc(C)n2-c2ccc(C)c(C)c2)cc(Br)c1OCc1ccccc1F. The molecule has 1 aromatic heterocycles.